The summed E-state index contributed by atoms with van der Waals surface area (Å²) in [5.74, 6) is -0.340. The van der Waals surface area contributed by atoms with Gasteiger partial charge in [0.05, 0.1) is 6.61 Å². The fourth-order valence-electron chi connectivity index (χ4n) is 1.39. The highest BCUT2D eigenvalue weighted by molar-refractivity contribution is 5.81. The Morgan fingerprint density at radius 1 is 1.12 bits per heavy atom. The molecule has 0 saturated carbocycles. The second-order valence-electron chi connectivity index (χ2n) is 3.83. The van der Waals surface area contributed by atoms with Gasteiger partial charge in [-0.1, -0.05) is 51.3 Å². The fourth-order valence-corrected chi connectivity index (χ4v) is 1.39. The van der Waals surface area contributed by atoms with Gasteiger partial charge in [-0.15, -0.1) is 0 Å². The van der Waals surface area contributed by atoms with Gasteiger partial charge in [0.25, 0.3) is 0 Å². The number of carbonyl (C=O) groups excluding carboxylic acids is 1. The largest absolute Gasteiger partial charge is 0.462 e. The maximum Gasteiger partial charge on any atom is 0.330 e. The molecular formula is C14H24O2. The number of rotatable bonds is 10. The molecule has 0 aromatic rings. The van der Waals surface area contributed by atoms with E-state index in [1.165, 1.54) is 38.2 Å². The molecule has 0 spiro atoms. The zero-order chi connectivity index (χ0) is 12.1. The number of unbranched alkanes of at least 4 members (excludes halogenated alkanes) is 5. The van der Waals surface area contributed by atoms with Crippen LogP contribution in [0.3, 0.4) is 0 Å². The fraction of sp³-hybridized carbons (Fsp3) is 0.643. The number of ether oxygens (including phenoxy) is 1. The van der Waals surface area contributed by atoms with Gasteiger partial charge in [0.2, 0.25) is 0 Å². The van der Waals surface area contributed by atoms with Crippen LogP contribution in [0.4, 0.5) is 0 Å². The Hall–Kier alpha value is -1.05. The van der Waals surface area contributed by atoms with Crippen LogP contribution in [0.1, 0.15) is 51.9 Å². The van der Waals surface area contributed by atoms with Crippen molar-refractivity contribution in [2.45, 2.75) is 51.9 Å². The second-order valence-corrected chi connectivity index (χ2v) is 3.83. The quantitative estimate of drug-likeness (QED) is 0.242. The van der Waals surface area contributed by atoms with Crippen molar-refractivity contribution in [2.75, 3.05) is 6.61 Å². The highest BCUT2D eigenvalue weighted by Gasteiger charge is 1.91. The maximum atomic E-state index is 10.7. The molecule has 0 rings (SSSR count). The molecule has 0 aliphatic rings. The zero-order valence-electron chi connectivity index (χ0n) is 10.4. The topological polar surface area (TPSA) is 26.3 Å². The van der Waals surface area contributed by atoms with Crippen LogP contribution >= 0.6 is 0 Å². The summed E-state index contributed by atoms with van der Waals surface area (Å²) in [4.78, 5) is 10.7. The number of hydrogen-bond acceptors (Lipinski definition) is 2. The van der Waals surface area contributed by atoms with Gasteiger partial charge in [0, 0.05) is 6.08 Å². The van der Waals surface area contributed by atoms with E-state index >= 15 is 0 Å². The van der Waals surface area contributed by atoms with Crippen molar-refractivity contribution in [3.63, 3.8) is 0 Å². The van der Waals surface area contributed by atoms with Gasteiger partial charge in [0.1, 0.15) is 0 Å². The predicted molar refractivity (Wildman–Crippen MR) is 68.3 cm³/mol. The Kier molecular flexibility index (Phi) is 11.2. The molecule has 0 saturated heterocycles. The molecule has 0 atom stereocenters. The van der Waals surface area contributed by atoms with E-state index in [4.69, 9.17) is 4.74 Å². The highest BCUT2D eigenvalue weighted by Crippen LogP contribution is 2.05. The molecule has 92 valence electrons. The Bertz CT molecular complexity index is 207. The summed E-state index contributed by atoms with van der Waals surface area (Å²) in [5.41, 5.74) is 0. The van der Waals surface area contributed by atoms with E-state index in [0.29, 0.717) is 6.61 Å². The van der Waals surface area contributed by atoms with Gasteiger partial charge in [-0.2, -0.15) is 0 Å². The minimum atomic E-state index is -0.340. The number of carbonyl (C=O) groups is 1. The van der Waals surface area contributed by atoms with E-state index in [-0.39, 0.29) is 5.97 Å². The molecule has 16 heavy (non-hydrogen) atoms. The summed E-state index contributed by atoms with van der Waals surface area (Å²) >= 11 is 0. The lowest BCUT2D eigenvalue weighted by Gasteiger charge is -1.98. The van der Waals surface area contributed by atoms with Crippen molar-refractivity contribution >= 4 is 5.97 Å². The SMILES string of the molecule is C=CC(=O)OCC/C=C/CCCCCCC. The average molecular weight is 224 g/mol. The summed E-state index contributed by atoms with van der Waals surface area (Å²) in [6.07, 6.45) is 14.0. The van der Waals surface area contributed by atoms with Crippen LogP contribution < -0.4 is 0 Å². The molecule has 0 heterocycles. The summed E-state index contributed by atoms with van der Waals surface area (Å²) in [7, 11) is 0. The molecular weight excluding hydrogens is 200 g/mol. The third kappa shape index (κ3) is 11.0. The Morgan fingerprint density at radius 3 is 2.50 bits per heavy atom. The van der Waals surface area contributed by atoms with E-state index in [2.05, 4.69) is 25.7 Å². The number of esters is 1. The first kappa shape index (κ1) is 14.9. The van der Waals surface area contributed by atoms with E-state index in [9.17, 15) is 4.79 Å². The van der Waals surface area contributed by atoms with Gasteiger partial charge in [0.15, 0.2) is 0 Å². The highest BCUT2D eigenvalue weighted by atomic mass is 16.5. The van der Waals surface area contributed by atoms with Crippen LogP contribution in [0.5, 0.6) is 0 Å². The molecule has 2 heteroatoms. The van der Waals surface area contributed by atoms with Gasteiger partial charge < -0.3 is 4.74 Å². The average Bonchev–Trinajstić information content (AvgIpc) is 2.31. The number of allylic oxidation sites excluding steroid dienone is 1. The Balaban J connectivity index is 3.16. The molecule has 0 aromatic heterocycles. The summed E-state index contributed by atoms with van der Waals surface area (Å²) < 4.78 is 4.84. The van der Waals surface area contributed by atoms with Crippen LogP contribution in [0.2, 0.25) is 0 Å². The molecule has 0 aromatic carbocycles. The monoisotopic (exact) mass is 224 g/mol. The van der Waals surface area contributed by atoms with E-state index < -0.39 is 0 Å². The lowest BCUT2D eigenvalue weighted by atomic mass is 10.1. The normalized spacial score (nSPS) is 10.6. The first-order valence-electron chi connectivity index (χ1n) is 6.25. The van der Waals surface area contributed by atoms with E-state index in [0.717, 1.165) is 12.8 Å². The lowest BCUT2D eigenvalue weighted by Crippen LogP contribution is -2.00. The first-order valence-corrected chi connectivity index (χ1v) is 6.25. The molecule has 0 fully saturated rings. The molecule has 0 amide bonds. The minimum Gasteiger partial charge on any atom is -0.462 e. The standard InChI is InChI=1S/C14H24O2/c1-3-5-6-7-8-9-10-11-12-13-16-14(15)4-2/h4,10-11H,2-3,5-9,12-13H2,1H3/b11-10+. The third-order valence-electron chi connectivity index (χ3n) is 2.34. The van der Waals surface area contributed by atoms with Crippen LogP contribution in [-0.4, -0.2) is 12.6 Å². The van der Waals surface area contributed by atoms with Crippen LogP contribution in [0, 0.1) is 0 Å². The van der Waals surface area contributed by atoms with Crippen molar-refractivity contribution in [1.82, 2.24) is 0 Å². The summed E-state index contributed by atoms with van der Waals surface area (Å²) in [6.45, 7) is 6.01. The number of hydrogen-bond donors (Lipinski definition) is 0. The van der Waals surface area contributed by atoms with Gasteiger partial charge in [-0.3, -0.25) is 0 Å². The Labute approximate surface area is 99.4 Å². The van der Waals surface area contributed by atoms with Crippen molar-refractivity contribution in [2.24, 2.45) is 0 Å². The predicted octanol–water partition coefficient (Wildman–Crippen LogP) is 4.02. The summed E-state index contributed by atoms with van der Waals surface area (Å²) in [5, 5.41) is 0. The van der Waals surface area contributed by atoms with Crippen molar-refractivity contribution in [3.8, 4) is 0 Å². The molecule has 0 unspecified atom stereocenters. The van der Waals surface area contributed by atoms with E-state index in [1.54, 1.807) is 0 Å². The Morgan fingerprint density at radius 2 is 1.81 bits per heavy atom. The van der Waals surface area contributed by atoms with Gasteiger partial charge >= 0.3 is 5.97 Å². The molecule has 0 aliphatic carbocycles. The van der Waals surface area contributed by atoms with Crippen molar-refractivity contribution in [3.05, 3.63) is 24.8 Å². The van der Waals surface area contributed by atoms with Crippen LogP contribution in [0.25, 0.3) is 0 Å². The van der Waals surface area contributed by atoms with E-state index in [1.807, 2.05) is 0 Å². The molecule has 2 nitrogen and oxygen atoms in total. The maximum absolute atomic E-state index is 10.7. The van der Waals surface area contributed by atoms with Crippen LogP contribution in [0.15, 0.2) is 24.8 Å². The van der Waals surface area contributed by atoms with Crippen LogP contribution in [-0.2, 0) is 9.53 Å². The first-order chi connectivity index (χ1) is 7.81. The lowest BCUT2D eigenvalue weighted by molar-refractivity contribution is -0.137. The molecule has 0 bridgehead atoms. The van der Waals surface area contributed by atoms with Gasteiger partial charge in [-0.05, 0) is 19.3 Å². The van der Waals surface area contributed by atoms with Crippen molar-refractivity contribution in [1.29, 1.82) is 0 Å². The zero-order valence-corrected chi connectivity index (χ0v) is 10.4. The second kappa shape index (κ2) is 12.0. The summed E-state index contributed by atoms with van der Waals surface area (Å²) in [6, 6.07) is 0. The molecule has 0 N–H and O–H groups in total. The molecule has 0 radical (unpaired) electrons. The minimum absolute atomic E-state index is 0.340. The molecule has 0 aliphatic heterocycles. The third-order valence-corrected chi connectivity index (χ3v) is 2.34. The van der Waals surface area contributed by atoms with Gasteiger partial charge in [-0.25, -0.2) is 4.79 Å². The smallest absolute Gasteiger partial charge is 0.330 e. The van der Waals surface area contributed by atoms with Crippen molar-refractivity contribution < 1.29 is 9.53 Å².